The Labute approximate surface area is 235 Å². The summed E-state index contributed by atoms with van der Waals surface area (Å²) in [7, 11) is 2.68. The number of aromatic amines is 1. The van der Waals surface area contributed by atoms with Gasteiger partial charge in [-0.05, 0) is 11.6 Å². The molecule has 0 aliphatic carbocycles. The van der Waals surface area contributed by atoms with Gasteiger partial charge in [0.2, 0.25) is 12.2 Å². The largest absolute Gasteiger partial charge is 0.471 e. The fourth-order valence-corrected chi connectivity index (χ4v) is 5.16. The van der Waals surface area contributed by atoms with E-state index in [1.54, 1.807) is 24.3 Å². The number of aliphatic hydroxyl groups is 4. The van der Waals surface area contributed by atoms with E-state index in [-0.39, 0.29) is 30.0 Å². The Balaban J connectivity index is 1.65. The minimum atomic E-state index is -1.70. The number of methoxy groups -OCH3 is 1. The monoisotopic (exact) mass is 574 g/mol. The summed E-state index contributed by atoms with van der Waals surface area (Å²) in [5, 5.41) is 43.4. The highest BCUT2D eigenvalue weighted by molar-refractivity contribution is 6.04. The van der Waals surface area contributed by atoms with Crippen molar-refractivity contribution in [3.05, 3.63) is 60.0 Å². The van der Waals surface area contributed by atoms with Crippen molar-refractivity contribution in [2.24, 2.45) is 11.8 Å². The maximum Gasteiger partial charge on any atom is 0.337 e. The SMILES string of the molecule is C=C[C@H]1[C@H](O[C@H]2O[C@@H](CO)[C@H](O)[C@@H](O)[C@@H]2O)OC=C(C(=O)OC)[C@H]1CC(=O)c1[nH]c2ccccc2c1CC(=O)NC. The number of ketones is 1. The van der Waals surface area contributed by atoms with Gasteiger partial charge in [-0.25, -0.2) is 4.79 Å². The lowest BCUT2D eigenvalue weighted by Crippen LogP contribution is -2.60. The first-order valence-electron chi connectivity index (χ1n) is 13.0. The summed E-state index contributed by atoms with van der Waals surface area (Å²) in [6.07, 6.45) is -6.77. The van der Waals surface area contributed by atoms with Crippen LogP contribution in [0.2, 0.25) is 0 Å². The van der Waals surface area contributed by atoms with Gasteiger partial charge in [-0.15, -0.1) is 6.58 Å². The van der Waals surface area contributed by atoms with Gasteiger partial charge in [-0.2, -0.15) is 0 Å². The molecule has 1 fully saturated rings. The maximum atomic E-state index is 13.8. The Morgan fingerprint density at radius 2 is 1.85 bits per heavy atom. The number of carbonyl (C=O) groups excluding carboxylic acids is 3. The molecule has 1 aromatic carbocycles. The van der Waals surface area contributed by atoms with Crippen molar-refractivity contribution in [3.8, 4) is 0 Å². The highest BCUT2D eigenvalue weighted by Crippen LogP contribution is 2.38. The van der Waals surface area contributed by atoms with Crippen LogP contribution in [0.4, 0.5) is 0 Å². The number of benzene rings is 1. The zero-order valence-electron chi connectivity index (χ0n) is 22.6. The van der Waals surface area contributed by atoms with Gasteiger partial charge in [-0.3, -0.25) is 9.59 Å². The molecular weight excluding hydrogens is 540 g/mol. The van der Waals surface area contributed by atoms with E-state index in [9.17, 15) is 34.8 Å². The molecule has 41 heavy (non-hydrogen) atoms. The summed E-state index contributed by atoms with van der Waals surface area (Å²) in [6.45, 7) is 3.15. The topological polar surface area (TPSA) is 197 Å². The van der Waals surface area contributed by atoms with Crippen LogP contribution in [-0.4, -0.2) is 101 Å². The molecule has 0 radical (unpaired) electrons. The van der Waals surface area contributed by atoms with Crippen molar-refractivity contribution in [2.45, 2.75) is 49.8 Å². The third-order valence-electron chi connectivity index (χ3n) is 7.43. The molecule has 8 atom stereocenters. The number of aromatic nitrogens is 1. The normalized spacial score (nSPS) is 29.8. The molecule has 3 heterocycles. The van der Waals surface area contributed by atoms with Gasteiger partial charge in [0.1, 0.15) is 24.4 Å². The number of hydrogen-bond acceptors (Lipinski definition) is 11. The van der Waals surface area contributed by atoms with Crippen LogP contribution in [0, 0.1) is 11.8 Å². The number of nitrogens with one attached hydrogen (secondary N) is 2. The Morgan fingerprint density at radius 3 is 2.51 bits per heavy atom. The smallest absolute Gasteiger partial charge is 0.337 e. The molecule has 1 aromatic heterocycles. The molecule has 222 valence electrons. The van der Waals surface area contributed by atoms with Gasteiger partial charge in [-0.1, -0.05) is 24.3 Å². The lowest BCUT2D eigenvalue weighted by Gasteiger charge is -2.43. The molecule has 1 amide bonds. The van der Waals surface area contributed by atoms with Crippen molar-refractivity contribution in [1.82, 2.24) is 10.3 Å². The standard InChI is InChI=1S/C28H34N2O11/c1-4-13-15(9-19(32)22-16(10-21(33)29-2)14-7-5-6-8-18(14)30-22)17(26(37)38-3)12-39-27(13)41-28-25(36)24(35)23(34)20(11-31)40-28/h4-8,12-13,15,20,23-25,27-28,30-31,34-36H,1,9-11H2,2-3H3,(H,29,33)/t13-,15+,20+,23+,24-,25+,27+,28-/m1/s1. The van der Waals surface area contributed by atoms with Crippen LogP contribution >= 0.6 is 0 Å². The van der Waals surface area contributed by atoms with Crippen molar-refractivity contribution in [1.29, 1.82) is 0 Å². The van der Waals surface area contributed by atoms with Crippen LogP contribution < -0.4 is 5.32 Å². The number of fused-ring (bicyclic) bond motifs is 1. The van der Waals surface area contributed by atoms with E-state index >= 15 is 0 Å². The number of carbonyl (C=O) groups is 3. The van der Waals surface area contributed by atoms with Crippen molar-refractivity contribution in [3.63, 3.8) is 0 Å². The molecule has 0 bridgehead atoms. The van der Waals surface area contributed by atoms with Gasteiger partial charge < -0.3 is 49.7 Å². The molecule has 13 heteroatoms. The molecule has 6 N–H and O–H groups in total. The fraction of sp³-hybridized carbons (Fsp3) is 0.464. The van der Waals surface area contributed by atoms with Crippen LogP contribution in [0.3, 0.4) is 0 Å². The molecule has 0 saturated carbocycles. The number of ether oxygens (including phenoxy) is 4. The highest BCUT2D eigenvalue weighted by atomic mass is 16.8. The molecule has 0 unspecified atom stereocenters. The molecule has 1 saturated heterocycles. The number of Topliss-reactive ketones (excluding diaryl/α,β-unsaturated/α-hetero) is 1. The summed E-state index contributed by atoms with van der Waals surface area (Å²) in [5.74, 6) is -3.18. The highest BCUT2D eigenvalue weighted by Gasteiger charge is 2.48. The summed E-state index contributed by atoms with van der Waals surface area (Å²) < 4.78 is 21.8. The Kier molecular flexibility index (Phi) is 9.58. The van der Waals surface area contributed by atoms with Gasteiger partial charge in [0.25, 0.3) is 0 Å². The summed E-state index contributed by atoms with van der Waals surface area (Å²) in [5.41, 5.74) is 1.41. The van der Waals surface area contributed by atoms with Crippen LogP contribution in [0.1, 0.15) is 22.5 Å². The van der Waals surface area contributed by atoms with Gasteiger partial charge in [0, 0.05) is 36.2 Å². The average molecular weight is 575 g/mol. The molecule has 2 aliphatic heterocycles. The van der Waals surface area contributed by atoms with Crippen molar-refractivity contribution in [2.75, 3.05) is 20.8 Å². The minimum Gasteiger partial charge on any atom is -0.471 e. The van der Waals surface area contributed by atoms with E-state index in [2.05, 4.69) is 16.9 Å². The number of para-hydroxylation sites is 1. The summed E-state index contributed by atoms with van der Waals surface area (Å²) in [6, 6.07) is 7.17. The van der Waals surface area contributed by atoms with E-state index in [1.807, 2.05) is 0 Å². The maximum absolute atomic E-state index is 13.8. The first kappa shape index (κ1) is 30.4. The second-order valence-electron chi connectivity index (χ2n) is 9.82. The number of aliphatic hydroxyl groups excluding tert-OH is 4. The number of rotatable bonds is 10. The second kappa shape index (κ2) is 12.9. The zero-order valence-corrected chi connectivity index (χ0v) is 22.6. The number of likely N-dealkylation sites (N-methyl/N-ethyl adjacent to an activating group) is 1. The van der Waals surface area contributed by atoms with Crippen molar-refractivity contribution >= 4 is 28.6 Å². The Bertz CT molecular complexity index is 1320. The predicted molar refractivity (Wildman–Crippen MR) is 142 cm³/mol. The number of H-pyrrole nitrogens is 1. The molecule has 13 nitrogen and oxygen atoms in total. The molecule has 4 rings (SSSR count). The number of hydrogen-bond donors (Lipinski definition) is 6. The van der Waals surface area contributed by atoms with E-state index < -0.39 is 67.2 Å². The van der Waals surface area contributed by atoms with Crippen LogP contribution in [-0.2, 0) is 35.0 Å². The van der Waals surface area contributed by atoms with Crippen molar-refractivity contribution < 1.29 is 53.8 Å². The quantitative estimate of drug-likeness (QED) is 0.124. The van der Waals surface area contributed by atoms with E-state index in [4.69, 9.17) is 18.9 Å². The molecule has 2 aromatic rings. The number of amides is 1. The fourth-order valence-electron chi connectivity index (χ4n) is 5.16. The Morgan fingerprint density at radius 1 is 1.12 bits per heavy atom. The Hall–Kier alpha value is -3.59. The zero-order chi connectivity index (χ0) is 29.8. The first-order chi connectivity index (χ1) is 19.6. The third kappa shape index (κ3) is 6.05. The summed E-state index contributed by atoms with van der Waals surface area (Å²) >= 11 is 0. The minimum absolute atomic E-state index is 0.0309. The van der Waals surface area contributed by atoms with Gasteiger partial charge in [0.15, 0.2) is 12.1 Å². The van der Waals surface area contributed by atoms with Crippen LogP contribution in [0.15, 0.2) is 48.8 Å². The van der Waals surface area contributed by atoms with E-state index in [0.717, 1.165) is 6.26 Å². The summed E-state index contributed by atoms with van der Waals surface area (Å²) in [4.78, 5) is 41.9. The third-order valence-corrected chi connectivity index (χ3v) is 7.43. The number of esters is 1. The molecule has 2 aliphatic rings. The molecular formula is C28H34N2O11. The lowest BCUT2D eigenvalue weighted by atomic mass is 9.80. The second-order valence-corrected chi connectivity index (χ2v) is 9.82. The van der Waals surface area contributed by atoms with Crippen LogP contribution in [0.25, 0.3) is 10.9 Å². The molecule has 0 spiro atoms. The van der Waals surface area contributed by atoms with Crippen LogP contribution in [0.5, 0.6) is 0 Å². The van der Waals surface area contributed by atoms with Gasteiger partial charge >= 0.3 is 5.97 Å². The van der Waals surface area contributed by atoms with Gasteiger partial charge in [0.05, 0.1) is 37.7 Å². The average Bonchev–Trinajstić information content (AvgIpc) is 3.35. The van der Waals surface area contributed by atoms with E-state index in [0.29, 0.717) is 16.5 Å². The lowest BCUT2D eigenvalue weighted by molar-refractivity contribution is -0.339. The predicted octanol–water partition coefficient (Wildman–Crippen LogP) is -0.323. The first-order valence-corrected chi connectivity index (χ1v) is 13.0. The van der Waals surface area contributed by atoms with E-state index in [1.165, 1.54) is 20.2 Å².